The smallest absolute Gasteiger partial charge is 0.410 e. The normalized spacial score (nSPS) is 14.3. The topological polar surface area (TPSA) is 103 Å². The molecule has 0 fully saturated rings. The van der Waals surface area contributed by atoms with Crippen molar-refractivity contribution in [1.82, 2.24) is 20.2 Å². The second-order valence-electron chi connectivity index (χ2n) is 12.0. The number of hydrogen-bond donors (Lipinski definition) is 1. The number of ketones is 1. The Morgan fingerprint density at radius 2 is 1.67 bits per heavy atom. The van der Waals surface area contributed by atoms with Gasteiger partial charge in [0.15, 0.2) is 5.78 Å². The first-order valence-electron chi connectivity index (χ1n) is 14.6. The Hall–Kier alpha value is -3.92. The SMILES string of the molecule is CCN(CCNC(=O)CN(CC(=O)N(C)N1Cc2ccccc2C1)c1cc2c(cc1C)CCC2=O)C(=O)OC(C)(C)C. The Morgan fingerprint density at radius 3 is 2.29 bits per heavy atom. The number of amides is 3. The molecule has 2 aromatic carbocycles. The van der Waals surface area contributed by atoms with Crippen molar-refractivity contribution in [3.05, 3.63) is 64.2 Å². The number of Topliss-reactive ketones (excluding diaryl/α,β-unsaturated/α-hetero) is 1. The summed E-state index contributed by atoms with van der Waals surface area (Å²) >= 11 is 0. The van der Waals surface area contributed by atoms with E-state index < -0.39 is 11.7 Å². The van der Waals surface area contributed by atoms with Crippen molar-refractivity contribution in [3.8, 4) is 0 Å². The van der Waals surface area contributed by atoms with Crippen molar-refractivity contribution in [2.24, 2.45) is 0 Å². The summed E-state index contributed by atoms with van der Waals surface area (Å²) in [6.07, 6.45) is 0.747. The number of aryl methyl sites for hydroxylation is 2. The zero-order valence-electron chi connectivity index (χ0n) is 25.7. The molecule has 42 heavy (non-hydrogen) atoms. The predicted molar refractivity (Wildman–Crippen MR) is 161 cm³/mol. The molecule has 10 heteroatoms. The Kier molecular flexibility index (Phi) is 9.56. The van der Waals surface area contributed by atoms with Crippen molar-refractivity contribution in [2.45, 2.75) is 66.2 Å². The second-order valence-corrected chi connectivity index (χ2v) is 12.0. The molecule has 3 amide bonds. The van der Waals surface area contributed by atoms with Crippen molar-refractivity contribution in [3.63, 3.8) is 0 Å². The molecule has 2 aromatic rings. The molecule has 0 aromatic heterocycles. The summed E-state index contributed by atoms with van der Waals surface area (Å²) < 4.78 is 5.45. The molecule has 10 nitrogen and oxygen atoms in total. The number of rotatable bonds is 10. The molecule has 0 saturated carbocycles. The molecule has 226 valence electrons. The number of ether oxygens (including phenoxy) is 1. The van der Waals surface area contributed by atoms with Gasteiger partial charge in [-0.25, -0.2) is 9.80 Å². The standard InChI is InChI=1S/C32H43N5O5/c1-7-35(31(41)42-32(3,4)5)15-14-33-29(39)20-36(27-17-26-23(16-22(27)2)12-13-28(26)38)21-30(40)34(6)37-18-24-10-8-9-11-25(24)19-37/h8-11,16-17H,7,12-15,18-21H2,1-6H3,(H,33,39). The van der Waals surface area contributed by atoms with Crippen LogP contribution in [0.15, 0.2) is 36.4 Å². The van der Waals surface area contributed by atoms with Gasteiger partial charge in [-0.05, 0) is 69.4 Å². The van der Waals surface area contributed by atoms with Crippen molar-refractivity contribution < 1.29 is 23.9 Å². The fourth-order valence-corrected chi connectivity index (χ4v) is 5.39. The van der Waals surface area contributed by atoms with E-state index in [-0.39, 0.29) is 37.2 Å². The van der Waals surface area contributed by atoms with E-state index in [1.54, 1.807) is 17.0 Å². The number of carbonyl (C=O) groups is 4. The van der Waals surface area contributed by atoms with Crippen molar-refractivity contribution >= 4 is 29.4 Å². The van der Waals surface area contributed by atoms with Crippen LogP contribution in [0.25, 0.3) is 0 Å². The summed E-state index contributed by atoms with van der Waals surface area (Å²) in [6, 6.07) is 11.9. The molecule has 1 heterocycles. The van der Waals surface area contributed by atoms with Gasteiger partial charge in [-0.2, -0.15) is 0 Å². The number of hydrogen-bond acceptors (Lipinski definition) is 7. The minimum atomic E-state index is -0.610. The van der Waals surface area contributed by atoms with E-state index in [9.17, 15) is 19.2 Å². The maximum absolute atomic E-state index is 13.6. The maximum atomic E-state index is 13.6. The van der Waals surface area contributed by atoms with Gasteiger partial charge in [-0.1, -0.05) is 30.3 Å². The molecule has 1 aliphatic carbocycles. The summed E-state index contributed by atoms with van der Waals surface area (Å²) in [5, 5.41) is 6.49. The van der Waals surface area contributed by atoms with Crippen LogP contribution in [0.1, 0.15) is 66.7 Å². The molecule has 0 unspecified atom stereocenters. The third-order valence-electron chi connectivity index (χ3n) is 7.69. The molecule has 0 atom stereocenters. The lowest BCUT2D eigenvalue weighted by Gasteiger charge is -2.32. The highest BCUT2D eigenvalue weighted by atomic mass is 16.6. The summed E-state index contributed by atoms with van der Waals surface area (Å²) in [5.41, 5.74) is 5.03. The minimum Gasteiger partial charge on any atom is -0.444 e. The van der Waals surface area contributed by atoms with Gasteiger partial charge in [0.2, 0.25) is 5.91 Å². The molecule has 4 rings (SSSR count). The van der Waals surface area contributed by atoms with Crippen LogP contribution >= 0.6 is 0 Å². The van der Waals surface area contributed by atoms with Crippen LogP contribution in [0.5, 0.6) is 0 Å². The van der Waals surface area contributed by atoms with E-state index in [4.69, 9.17) is 4.74 Å². The Labute approximate surface area is 248 Å². The fraction of sp³-hybridized carbons (Fsp3) is 0.500. The molecule has 0 spiro atoms. The van der Waals surface area contributed by atoms with E-state index in [0.717, 1.165) is 11.1 Å². The van der Waals surface area contributed by atoms with Gasteiger partial charge in [0.25, 0.3) is 5.91 Å². The van der Waals surface area contributed by atoms with Crippen molar-refractivity contribution in [2.75, 3.05) is 44.7 Å². The number of anilines is 1. The lowest BCUT2D eigenvalue weighted by Crippen LogP contribution is -2.48. The molecule has 2 aliphatic rings. The van der Waals surface area contributed by atoms with Gasteiger partial charge in [0, 0.05) is 57.4 Å². The quantitative estimate of drug-likeness (QED) is 0.460. The van der Waals surface area contributed by atoms with Gasteiger partial charge in [0.05, 0.1) is 13.1 Å². The fourth-order valence-electron chi connectivity index (χ4n) is 5.39. The highest BCUT2D eigenvalue weighted by Crippen LogP contribution is 2.31. The average molecular weight is 578 g/mol. The predicted octanol–water partition coefficient (Wildman–Crippen LogP) is 3.69. The summed E-state index contributed by atoms with van der Waals surface area (Å²) in [4.78, 5) is 55.0. The van der Waals surface area contributed by atoms with Gasteiger partial charge in [-0.3, -0.25) is 19.4 Å². The maximum Gasteiger partial charge on any atom is 0.410 e. The monoisotopic (exact) mass is 577 g/mol. The molecule has 0 radical (unpaired) electrons. The van der Waals surface area contributed by atoms with E-state index in [2.05, 4.69) is 17.4 Å². The number of hydrazine groups is 1. The van der Waals surface area contributed by atoms with E-state index in [0.29, 0.717) is 50.3 Å². The van der Waals surface area contributed by atoms with Crippen LogP contribution < -0.4 is 10.2 Å². The van der Waals surface area contributed by atoms with Crippen LogP contribution in [0.2, 0.25) is 0 Å². The average Bonchev–Trinajstić information content (AvgIpc) is 3.52. The Bertz CT molecular complexity index is 1330. The number of carbonyl (C=O) groups excluding carboxylic acids is 4. The molecular weight excluding hydrogens is 534 g/mol. The minimum absolute atomic E-state index is 0.0381. The van der Waals surface area contributed by atoms with Crippen LogP contribution in [-0.2, 0) is 33.8 Å². The lowest BCUT2D eigenvalue weighted by atomic mass is 10.0. The Balaban J connectivity index is 1.45. The Morgan fingerprint density at radius 1 is 1.00 bits per heavy atom. The van der Waals surface area contributed by atoms with Gasteiger partial charge >= 0.3 is 6.09 Å². The zero-order chi connectivity index (χ0) is 30.6. The lowest BCUT2D eigenvalue weighted by molar-refractivity contribution is -0.145. The summed E-state index contributed by atoms with van der Waals surface area (Å²) in [5.74, 6) is -0.370. The summed E-state index contributed by atoms with van der Waals surface area (Å²) in [7, 11) is 1.75. The number of nitrogens with zero attached hydrogens (tertiary/aromatic N) is 4. The molecule has 0 saturated heterocycles. The van der Waals surface area contributed by atoms with Gasteiger partial charge < -0.3 is 19.9 Å². The van der Waals surface area contributed by atoms with E-state index in [1.807, 2.05) is 63.9 Å². The molecule has 0 bridgehead atoms. The molecule has 1 N–H and O–H groups in total. The first-order chi connectivity index (χ1) is 19.9. The van der Waals surface area contributed by atoms with Crippen LogP contribution in [-0.4, -0.2) is 84.0 Å². The van der Waals surface area contributed by atoms with Crippen molar-refractivity contribution in [1.29, 1.82) is 0 Å². The number of nitrogens with one attached hydrogen (secondary N) is 1. The zero-order valence-corrected chi connectivity index (χ0v) is 25.7. The van der Waals surface area contributed by atoms with Gasteiger partial charge in [0.1, 0.15) is 5.60 Å². The number of likely N-dealkylation sites (N-methyl/N-ethyl adjacent to an activating group) is 2. The largest absolute Gasteiger partial charge is 0.444 e. The highest BCUT2D eigenvalue weighted by Gasteiger charge is 2.29. The number of fused-ring (bicyclic) bond motifs is 2. The van der Waals surface area contributed by atoms with Crippen LogP contribution in [0, 0.1) is 6.92 Å². The third-order valence-corrected chi connectivity index (χ3v) is 7.69. The van der Waals surface area contributed by atoms with Crippen LogP contribution in [0.4, 0.5) is 10.5 Å². The summed E-state index contributed by atoms with van der Waals surface area (Å²) in [6.45, 7) is 11.4. The molecular formula is C32H43N5O5. The third kappa shape index (κ3) is 7.47. The van der Waals surface area contributed by atoms with Crippen LogP contribution in [0.3, 0.4) is 0 Å². The van der Waals surface area contributed by atoms with E-state index in [1.165, 1.54) is 16.0 Å². The first-order valence-corrected chi connectivity index (χ1v) is 14.6. The highest BCUT2D eigenvalue weighted by molar-refractivity contribution is 6.01. The number of benzene rings is 2. The van der Waals surface area contributed by atoms with E-state index >= 15 is 0 Å². The first kappa shape index (κ1) is 31.0. The van der Waals surface area contributed by atoms with Gasteiger partial charge in [-0.15, -0.1) is 0 Å². The second kappa shape index (κ2) is 12.9. The molecule has 1 aliphatic heterocycles.